The normalized spacial score (nSPS) is 11.3. The lowest BCUT2D eigenvalue weighted by atomic mass is 10.1. The van der Waals surface area contributed by atoms with E-state index in [0.717, 1.165) is 29.8 Å². The van der Waals surface area contributed by atoms with Gasteiger partial charge in [-0.3, -0.25) is 9.59 Å². The largest absolute Gasteiger partial charge is 0.416 e. The number of rotatable bonds is 8. The van der Waals surface area contributed by atoms with Crippen LogP contribution in [0.2, 0.25) is 5.02 Å². The minimum atomic E-state index is -4.47. The number of alkyl halides is 3. The fraction of sp³-hybridized carbons (Fsp3) is 0.273. The molecule has 0 aliphatic heterocycles. The second-order valence-corrected chi connectivity index (χ2v) is 8.50. The van der Waals surface area contributed by atoms with E-state index in [1.165, 1.54) is 16.2 Å². The van der Waals surface area contributed by atoms with E-state index in [2.05, 4.69) is 15.5 Å². The second-order valence-electron chi connectivity index (χ2n) is 7.08. The van der Waals surface area contributed by atoms with Crippen LogP contribution in [0.3, 0.4) is 0 Å². The number of aromatic nitrogens is 2. The first-order valence-corrected chi connectivity index (χ1v) is 11.2. The first kappa shape index (κ1) is 24.7. The number of hydrogen-bond acceptors (Lipinski definition) is 5. The van der Waals surface area contributed by atoms with Crippen molar-refractivity contribution in [2.45, 2.75) is 25.9 Å². The molecule has 6 nitrogen and oxygen atoms in total. The number of carbonyl (C=O) groups is 2. The van der Waals surface area contributed by atoms with Crippen molar-refractivity contribution < 1.29 is 22.8 Å². The molecular formula is C22H20ClF3N4O2S. The molecule has 174 valence electrons. The molecule has 0 saturated heterocycles. The summed E-state index contributed by atoms with van der Waals surface area (Å²) in [6.07, 6.45) is -3.84. The monoisotopic (exact) mass is 496 g/mol. The number of nitrogens with zero attached hydrogens (tertiary/aromatic N) is 3. The molecule has 2 amide bonds. The van der Waals surface area contributed by atoms with Gasteiger partial charge >= 0.3 is 6.18 Å². The average molecular weight is 497 g/mol. The van der Waals surface area contributed by atoms with E-state index in [0.29, 0.717) is 28.1 Å². The molecule has 1 aromatic heterocycles. The van der Waals surface area contributed by atoms with Crippen molar-refractivity contribution in [1.29, 1.82) is 0 Å². The lowest BCUT2D eigenvalue weighted by Gasteiger charge is -2.22. The number of carbonyl (C=O) groups excluding carboxylic acids is 2. The maximum Gasteiger partial charge on any atom is 0.416 e. The Labute approximate surface area is 197 Å². The molecule has 33 heavy (non-hydrogen) atoms. The van der Waals surface area contributed by atoms with Crippen LogP contribution < -0.4 is 5.32 Å². The number of halogens is 4. The molecule has 0 unspecified atom stereocenters. The number of amides is 2. The smallest absolute Gasteiger partial charge is 0.338 e. The van der Waals surface area contributed by atoms with Gasteiger partial charge in [0.15, 0.2) is 0 Å². The Balaban J connectivity index is 1.58. The van der Waals surface area contributed by atoms with Crippen molar-refractivity contribution in [3.63, 3.8) is 0 Å². The maximum absolute atomic E-state index is 12.7. The molecule has 0 saturated carbocycles. The van der Waals surface area contributed by atoms with E-state index >= 15 is 0 Å². The van der Waals surface area contributed by atoms with E-state index in [4.69, 9.17) is 11.6 Å². The molecule has 2 aromatic carbocycles. The van der Waals surface area contributed by atoms with Gasteiger partial charge in [0, 0.05) is 35.7 Å². The SMILES string of the molecule is CCCN(CCC(=O)Nc1nnc(-c2ccc(Cl)cc2)s1)C(=O)c1ccc(C(F)(F)F)cc1. The molecule has 0 radical (unpaired) electrons. The Bertz CT molecular complexity index is 1100. The van der Waals surface area contributed by atoms with Crippen LogP contribution in [0.15, 0.2) is 48.5 Å². The molecule has 3 rings (SSSR count). The predicted molar refractivity (Wildman–Crippen MR) is 121 cm³/mol. The summed E-state index contributed by atoms with van der Waals surface area (Å²) in [5.74, 6) is -0.783. The zero-order valence-electron chi connectivity index (χ0n) is 17.5. The molecule has 1 N–H and O–H groups in total. The third-order valence-electron chi connectivity index (χ3n) is 4.61. The third kappa shape index (κ3) is 6.75. The van der Waals surface area contributed by atoms with E-state index < -0.39 is 17.6 Å². The summed E-state index contributed by atoms with van der Waals surface area (Å²) in [6, 6.07) is 11.1. The van der Waals surface area contributed by atoms with Gasteiger partial charge in [-0.25, -0.2) is 0 Å². The van der Waals surface area contributed by atoms with Gasteiger partial charge in [0.25, 0.3) is 5.91 Å². The average Bonchev–Trinajstić information content (AvgIpc) is 3.24. The lowest BCUT2D eigenvalue weighted by molar-refractivity contribution is -0.137. The van der Waals surface area contributed by atoms with Gasteiger partial charge < -0.3 is 10.2 Å². The Hall–Kier alpha value is -2.98. The standard InChI is InChI=1S/C22H20ClF3N4O2S/c1-2-12-30(20(32)15-3-7-16(8-4-15)22(24,25)26)13-11-18(31)27-21-29-28-19(33-21)14-5-9-17(23)10-6-14/h3-10H,2,11-13H2,1H3,(H,27,29,31). The molecule has 0 atom stereocenters. The van der Waals surface area contributed by atoms with E-state index in [1.807, 2.05) is 6.92 Å². The van der Waals surface area contributed by atoms with Crippen LogP contribution in [-0.4, -0.2) is 40.0 Å². The third-order valence-corrected chi connectivity index (χ3v) is 5.75. The predicted octanol–water partition coefficient (Wildman–Crippen LogP) is 5.76. The van der Waals surface area contributed by atoms with Crippen LogP contribution in [-0.2, 0) is 11.0 Å². The molecule has 0 spiro atoms. The molecule has 0 fully saturated rings. The molecule has 0 bridgehead atoms. The molecule has 11 heteroatoms. The molecule has 0 aliphatic rings. The summed E-state index contributed by atoms with van der Waals surface area (Å²) in [4.78, 5) is 26.6. The molecular weight excluding hydrogens is 477 g/mol. The first-order valence-electron chi connectivity index (χ1n) is 10.0. The zero-order valence-corrected chi connectivity index (χ0v) is 19.1. The Morgan fingerprint density at radius 1 is 1.03 bits per heavy atom. The summed E-state index contributed by atoms with van der Waals surface area (Å²) in [6.45, 7) is 2.35. The van der Waals surface area contributed by atoms with Gasteiger partial charge in [-0.05, 0) is 42.8 Å². The fourth-order valence-electron chi connectivity index (χ4n) is 2.97. The van der Waals surface area contributed by atoms with Gasteiger partial charge in [0.05, 0.1) is 5.56 Å². The van der Waals surface area contributed by atoms with Gasteiger partial charge in [0.2, 0.25) is 11.0 Å². The van der Waals surface area contributed by atoms with E-state index in [1.54, 1.807) is 24.3 Å². The van der Waals surface area contributed by atoms with Gasteiger partial charge in [-0.2, -0.15) is 13.2 Å². The van der Waals surface area contributed by atoms with Crippen molar-refractivity contribution in [2.24, 2.45) is 0 Å². The van der Waals surface area contributed by atoms with Gasteiger partial charge in [-0.1, -0.05) is 42.0 Å². The highest BCUT2D eigenvalue weighted by atomic mass is 35.5. The highest BCUT2D eigenvalue weighted by Gasteiger charge is 2.30. The van der Waals surface area contributed by atoms with Crippen molar-refractivity contribution in [1.82, 2.24) is 15.1 Å². The van der Waals surface area contributed by atoms with Crippen LogP contribution in [0.1, 0.15) is 35.7 Å². The molecule has 1 heterocycles. The van der Waals surface area contributed by atoms with Crippen LogP contribution >= 0.6 is 22.9 Å². The minimum absolute atomic E-state index is 0.00222. The fourth-order valence-corrected chi connectivity index (χ4v) is 3.86. The van der Waals surface area contributed by atoms with Crippen molar-refractivity contribution >= 4 is 39.9 Å². The van der Waals surface area contributed by atoms with Crippen LogP contribution in [0.4, 0.5) is 18.3 Å². The highest BCUT2D eigenvalue weighted by Crippen LogP contribution is 2.29. The summed E-state index contributed by atoms with van der Waals surface area (Å²) in [7, 11) is 0. The maximum atomic E-state index is 12.7. The lowest BCUT2D eigenvalue weighted by Crippen LogP contribution is -2.34. The topological polar surface area (TPSA) is 75.2 Å². The summed E-state index contributed by atoms with van der Waals surface area (Å²) < 4.78 is 38.2. The van der Waals surface area contributed by atoms with Crippen LogP contribution in [0, 0.1) is 0 Å². The highest BCUT2D eigenvalue weighted by molar-refractivity contribution is 7.18. The first-order chi connectivity index (χ1) is 15.7. The Morgan fingerprint density at radius 3 is 2.30 bits per heavy atom. The summed E-state index contributed by atoms with van der Waals surface area (Å²) >= 11 is 7.08. The van der Waals surface area contributed by atoms with Crippen molar-refractivity contribution in [3.05, 3.63) is 64.7 Å². The molecule has 3 aromatic rings. The number of hydrogen-bond donors (Lipinski definition) is 1. The number of anilines is 1. The van der Waals surface area contributed by atoms with E-state index in [9.17, 15) is 22.8 Å². The van der Waals surface area contributed by atoms with Crippen LogP contribution in [0.5, 0.6) is 0 Å². The van der Waals surface area contributed by atoms with Gasteiger partial charge in [-0.15, -0.1) is 10.2 Å². The Kier molecular flexibility index (Phi) is 8.04. The van der Waals surface area contributed by atoms with Gasteiger partial charge in [0.1, 0.15) is 5.01 Å². The quantitative estimate of drug-likeness (QED) is 0.430. The van der Waals surface area contributed by atoms with E-state index in [-0.39, 0.29) is 24.4 Å². The summed E-state index contributed by atoms with van der Waals surface area (Å²) in [5.41, 5.74) is 0.123. The second kappa shape index (κ2) is 10.8. The zero-order chi connectivity index (χ0) is 24.0. The summed E-state index contributed by atoms with van der Waals surface area (Å²) in [5, 5.41) is 12.2. The Morgan fingerprint density at radius 2 is 1.70 bits per heavy atom. The van der Waals surface area contributed by atoms with Crippen molar-refractivity contribution in [2.75, 3.05) is 18.4 Å². The number of nitrogens with one attached hydrogen (secondary N) is 1. The minimum Gasteiger partial charge on any atom is -0.338 e. The molecule has 0 aliphatic carbocycles. The van der Waals surface area contributed by atoms with Crippen LogP contribution in [0.25, 0.3) is 10.6 Å². The van der Waals surface area contributed by atoms with Crippen molar-refractivity contribution in [3.8, 4) is 10.6 Å². The number of benzene rings is 2.